The average molecular weight is 409 g/mol. The van der Waals surface area contributed by atoms with Gasteiger partial charge >= 0.3 is 5.97 Å². The molecule has 0 aliphatic heterocycles. The van der Waals surface area contributed by atoms with Crippen molar-refractivity contribution in [1.82, 2.24) is 4.90 Å². The molecule has 2 aromatic carbocycles. The molecule has 0 heterocycles. The maximum atomic E-state index is 12.6. The Morgan fingerprint density at radius 3 is 2.27 bits per heavy atom. The number of nitrogens with zero attached hydrogens (tertiary/aromatic N) is 3. The smallest absolute Gasteiger partial charge is 0.342 e. The molecule has 0 saturated carbocycles. The van der Waals surface area contributed by atoms with Gasteiger partial charge < -0.3 is 19.3 Å². The van der Waals surface area contributed by atoms with Crippen LogP contribution in [0.15, 0.2) is 54.6 Å². The molecule has 0 bridgehead atoms. The van der Waals surface area contributed by atoms with Gasteiger partial charge in [0.05, 0.1) is 12.5 Å². The van der Waals surface area contributed by atoms with Gasteiger partial charge in [0.15, 0.2) is 13.2 Å². The molecule has 0 aliphatic carbocycles. The van der Waals surface area contributed by atoms with Crippen molar-refractivity contribution < 1.29 is 23.9 Å². The van der Waals surface area contributed by atoms with Crippen molar-refractivity contribution in [2.45, 2.75) is 6.42 Å². The highest BCUT2D eigenvalue weighted by molar-refractivity contribution is 5.98. The van der Waals surface area contributed by atoms with Crippen LogP contribution in [0.2, 0.25) is 0 Å². The highest BCUT2D eigenvalue weighted by Gasteiger charge is 2.20. The Balaban J connectivity index is 2.04. The van der Waals surface area contributed by atoms with Crippen LogP contribution in [0.1, 0.15) is 16.8 Å². The molecule has 8 heteroatoms. The number of rotatable bonds is 9. The summed E-state index contributed by atoms with van der Waals surface area (Å²) in [5, 5.41) is 8.85. The van der Waals surface area contributed by atoms with Crippen molar-refractivity contribution in [2.75, 3.05) is 38.8 Å². The number of nitriles is 1. The monoisotopic (exact) mass is 409 g/mol. The van der Waals surface area contributed by atoms with E-state index in [9.17, 15) is 14.4 Å². The lowest BCUT2D eigenvalue weighted by Crippen LogP contribution is -2.35. The fraction of sp³-hybridized carbons (Fsp3) is 0.273. The first-order valence-electron chi connectivity index (χ1n) is 9.25. The summed E-state index contributed by atoms with van der Waals surface area (Å²) in [4.78, 5) is 39.6. The molecule has 2 amide bonds. The number of esters is 1. The van der Waals surface area contributed by atoms with Crippen LogP contribution in [0.4, 0.5) is 5.69 Å². The molecule has 0 fully saturated rings. The molecule has 2 aromatic rings. The zero-order valence-corrected chi connectivity index (χ0v) is 16.9. The molecule has 0 unspecified atom stereocenters. The molecule has 0 radical (unpaired) electrons. The first-order chi connectivity index (χ1) is 14.4. The lowest BCUT2D eigenvalue weighted by molar-refractivity contribution is -0.130. The van der Waals surface area contributed by atoms with Gasteiger partial charge in [0.2, 0.25) is 0 Å². The van der Waals surface area contributed by atoms with Crippen LogP contribution < -0.4 is 9.64 Å². The highest BCUT2D eigenvalue weighted by atomic mass is 16.5. The Kier molecular flexibility index (Phi) is 8.39. The van der Waals surface area contributed by atoms with Gasteiger partial charge in [-0.15, -0.1) is 0 Å². The Morgan fingerprint density at radius 2 is 1.60 bits per heavy atom. The quantitative estimate of drug-likeness (QED) is 0.589. The van der Waals surface area contributed by atoms with E-state index in [0.29, 0.717) is 5.69 Å². The van der Waals surface area contributed by atoms with Crippen molar-refractivity contribution in [3.05, 3.63) is 60.2 Å². The standard InChI is InChI=1S/C22H23N3O5/c1-24(2)20(26)15-29-19-12-7-6-11-18(19)22(28)30-16-21(27)25(14-8-13-23)17-9-4-3-5-10-17/h3-7,9-12H,8,14-16H2,1-2H3. The third-order valence-corrected chi connectivity index (χ3v) is 4.10. The minimum Gasteiger partial charge on any atom is -0.483 e. The molecular formula is C22H23N3O5. The zero-order valence-electron chi connectivity index (χ0n) is 16.9. The Morgan fingerprint density at radius 1 is 0.933 bits per heavy atom. The number of para-hydroxylation sites is 2. The van der Waals surface area contributed by atoms with Crippen molar-refractivity contribution in [2.24, 2.45) is 0 Å². The fourth-order valence-electron chi connectivity index (χ4n) is 2.48. The summed E-state index contributed by atoms with van der Waals surface area (Å²) < 4.78 is 10.6. The Bertz CT molecular complexity index is 922. The molecule has 2 rings (SSSR count). The van der Waals surface area contributed by atoms with Gasteiger partial charge in [-0.05, 0) is 24.3 Å². The molecular weight excluding hydrogens is 386 g/mol. The van der Waals surface area contributed by atoms with Crippen LogP contribution in [-0.2, 0) is 14.3 Å². The third kappa shape index (κ3) is 6.34. The number of benzene rings is 2. The van der Waals surface area contributed by atoms with E-state index in [1.54, 1.807) is 56.6 Å². The van der Waals surface area contributed by atoms with E-state index in [-0.39, 0.29) is 36.8 Å². The second kappa shape index (κ2) is 11.2. The summed E-state index contributed by atoms with van der Waals surface area (Å²) in [7, 11) is 3.20. The van der Waals surface area contributed by atoms with E-state index < -0.39 is 18.5 Å². The zero-order chi connectivity index (χ0) is 21.9. The topological polar surface area (TPSA) is 99.9 Å². The molecule has 0 aliphatic rings. The molecule has 156 valence electrons. The second-order valence-electron chi connectivity index (χ2n) is 6.44. The van der Waals surface area contributed by atoms with Crippen molar-refractivity contribution in [1.29, 1.82) is 5.26 Å². The van der Waals surface area contributed by atoms with Crippen LogP contribution in [0.5, 0.6) is 5.75 Å². The summed E-state index contributed by atoms with van der Waals surface area (Å²) in [6, 6.07) is 17.2. The van der Waals surface area contributed by atoms with Gasteiger partial charge in [-0.2, -0.15) is 5.26 Å². The molecule has 0 spiro atoms. The van der Waals surface area contributed by atoms with Crippen molar-refractivity contribution in [3.63, 3.8) is 0 Å². The Labute approximate surface area is 175 Å². The minimum atomic E-state index is -0.746. The van der Waals surface area contributed by atoms with Crippen molar-refractivity contribution >= 4 is 23.5 Å². The Hall–Kier alpha value is -3.86. The molecule has 0 saturated heterocycles. The van der Waals surface area contributed by atoms with Crippen LogP contribution in [-0.4, -0.2) is 56.5 Å². The first kappa shape index (κ1) is 22.4. The number of ether oxygens (including phenoxy) is 2. The van der Waals surface area contributed by atoms with Gasteiger partial charge in [-0.25, -0.2) is 4.79 Å². The normalized spacial score (nSPS) is 9.90. The SMILES string of the molecule is CN(C)C(=O)COc1ccccc1C(=O)OCC(=O)N(CCC#N)c1ccccc1. The second-order valence-corrected chi connectivity index (χ2v) is 6.44. The van der Waals surface area contributed by atoms with E-state index in [1.807, 2.05) is 12.1 Å². The fourth-order valence-corrected chi connectivity index (χ4v) is 2.48. The third-order valence-electron chi connectivity index (χ3n) is 4.10. The lowest BCUT2D eigenvalue weighted by atomic mass is 10.2. The number of carbonyl (C=O) groups is 3. The summed E-state index contributed by atoms with van der Waals surface area (Å²) in [6.45, 7) is -0.542. The number of hydrogen-bond acceptors (Lipinski definition) is 6. The molecule has 30 heavy (non-hydrogen) atoms. The molecule has 8 nitrogen and oxygen atoms in total. The molecule has 0 atom stereocenters. The molecule has 0 N–H and O–H groups in total. The predicted molar refractivity (Wildman–Crippen MR) is 110 cm³/mol. The van der Waals surface area contributed by atoms with Gasteiger partial charge in [-0.1, -0.05) is 30.3 Å². The largest absolute Gasteiger partial charge is 0.483 e. The predicted octanol–water partition coefficient (Wildman–Crippen LogP) is 2.26. The summed E-state index contributed by atoms with van der Waals surface area (Å²) >= 11 is 0. The van der Waals surface area contributed by atoms with Crippen LogP contribution in [0, 0.1) is 11.3 Å². The van der Waals surface area contributed by atoms with Gasteiger partial charge in [0.25, 0.3) is 11.8 Å². The summed E-state index contributed by atoms with van der Waals surface area (Å²) in [5.41, 5.74) is 0.722. The van der Waals surface area contributed by atoms with Crippen molar-refractivity contribution in [3.8, 4) is 11.8 Å². The number of carbonyl (C=O) groups excluding carboxylic acids is 3. The molecule has 0 aromatic heterocycles. The summed E-state index contributed by atoms with van der Waals surface area (Å²) in [5.74, 6) is -1.27. The maximum absolute atomic E-state index is 12.6. The van der Waals surface area contributed by atoms with E-state index in [0.717, 1.165) is 0 Å². The lowest BCUT2D eigenvalue weighted by Gasteiger charge is -2.21. The van der Waals surface area contributed by atoms with E-state index in [1.165, 1.54) is 15.9 Å². The van der Waals surface area contributed by atoms with E-state index >= 15 is 0 Å². The van der Waals surface area contributed by atoms with E-state index in [2.05, 4.69) is 0 Å². The van der Waals surface area contributed by atoms with Gasteiger partial charge in [0, 0.05) is 26.3 Å². The van der Waals surface area contributed by atoms with E-state index in [4.69, 9.17) is 14.7 Å². The maximum Gasteiger partial charge on any atom is 0.342 e. The minimum absolute atomic E-state index is 0.111. The average Bonchev–Trinajstić information content (AvgIpc) is 2.76. The number of anilines is 1. The van der Waals surface area contributed by atoms with Crippen LogP contribution in [0.25, 0.3) is 0 Å². The number of likely N-dealkylation sites (N-methyl/N-ethyl adjacent to an activating group) is 1. The number of amides is 2. The first-order valence-corrected chi connectivity index (χ1v) is 9.25. The highest BCUT2D eigenvalue weighted by Crippen LogP contribution is 2.20. The summed E-state index contributed by atoms with van der Waals surface area (Å²) in [6.07, 6.45) is 0.144. The van der Waals surface area contributed by atoms with Gasteiger partial charge in [0.1, 0.15) is 11.3 Å². The van der Waals surface area contributed by atoms with Crippen LogP contribution in [0.3, 0.4) is 0 Å². The number of hydrogen-bond donors (Lipinski definition) is 0. The van der Waals surface area contributed by atoms with Crippen LogP contribution >= 0.6 is 0 Å². The van der Waals surface area contributed by atoms with Gasteiger partial charge in [-0.3, -0.25) is 9.59 Å².